The van der Waals surface area contributed by atoms with Crippen molar-refractivity contribution in [2.24, 2.45) is 0 Å². The first-order valence-corrected chi connectivity index (χ1v) is 10.6. The number of esters is 1. The molecule has 0 aliphatic carbocycles. The number of rotatable bonds is 10. The van der Waals surface area contributed by atoms with Crippen LogP contribution in [-0.4, -0.2) is 33.0 Å². The summed E-state index contributed by atoms with van der Waals surface area (Å²) in [6.07, 6.45) is 1.78. The Morgan fingerprint density at radius 1 is 1.15 bits per heavy atom. The van der Waals surface area contributed by atoms with E-state index in [1.807, 2.05) is 31.2 Å². The summed E-state index contributed by atoms with van der Waals surface area (Å²) in [4.78, 5) is 51.5. The van der Waals surface area contributed by atoms with Crippen molar-refractivity contribution in [2.45, 2.75) is 39.2 Å². The number of amides is 1. The standard InChI is InChI=1S/C23H24N4O6/c1-2-3-14-26-20-7-5-4-6-18(20)25-19(23(26)30)12-13-22(29)33-15-21(28)24-16-8-10-17(11-9-16)27(31)32/h4-11H,2-3,12-15H2,1H3,(H,24,28). The van der Waals surface area contributed by atoms with Gasteiger partial charge in [0.05, 0.1) is 22.4 Å². The van der Waals surface area contributed by atoms with E-state index in [1.165, 1.54) is 24.3 Å². The van der Waals surface area contributed by atoms with Crippen LogP contribution in [0.3, 0.4) is 0 Å². The van der Waals surface area contributed by atoms with Crippen LogP contribution in [-0.2, 0) is 27.3 Å². The average molecular weight is 452 g/mol. The topological polar surface area (TPSA) is 133 Å². The molecule has 10 nitrogen and oxygen atoms in total. The molecule has 1 N–H and O–H groups in total. The molecule has 0 unspecified atom stereocenters. The van der Waals surface area contributed by atoms with E-state index >= 15 is 0 Å². The SMILES string of the molecule is CCCCn1c(=O)c(CCC(=O)OCC(=O)Nc2ccc([N+](=O)[O-])cc2)nc2ccccc21. The van der Waals surface area contributed by atoms with Crippen LogP contribution >= 0.6 is 0 Å². The first-order valence-electron chi connectivity index (χ1n) is 10.6. The lowest BCUT2D eigenvalue weighted by Crippen LogP contribution is -2.27. The van der Waals surface area contributed by atoms with E-state index in [4.69, 9.17) is 4.74 Å². The Hall–Kier alpha value is -4.08. The summed E-state index contributed by atoms with van der Waals surface area (Å²) in [5, 5.41) is 13.2. The zero-order valence-corrected chi connectivity index (χ0v) is 18.2. The fraction of sp³-hybridized carbons (Fsp3) is 0.304. The zero-order valence-electron chi connectivity index (χ0n) is 18.2. The number of benzene rings is 2. The highest BCUT2D eigenvalue weighted by Gasteiger charge is 2.14. The van der Waals surface area contributed by atoms with Gasteiger partial charge >= 0.3 is 5.97 Å². The van der Waals surface area contributed by atoms with Crippen molar-refractivity contribution in [3.63, 3.8) is 0 Å². The fourth-order valence-electron chi connectivity index (χ4n) is 3.25. The lowest BCUT2D eigenvalue weighted by atomic mass is 10.2. The summed E-state index contributed by atoms with van der Waals surface area (Å²) in [5.74, 6) is -1.22. The average Bonchev–Trinajstić information content (AvgIpc) is 2.81. The van der Waals surface area contributed by atoms with Crippen molar-refractivity contribution >= 4 is 34.3 Å². The van der Waals surface area contributed by atoms with Crippen molar-refractivity contribution < 1.29 is 19.2 Å². The number of nitrogens with zero attached hydrogens (tertiary/aromatic N) is 3. The Morgan fingerprint density at radius 3 is 2.58 bits per heavy atom. The second-order valence-electron chi connectivity index (χ2n) is 7.37. The minimum absolute atomic E-state index is 0.0958. The van der Waals surface area contributed by atoms with Gasteiger partial charge in [0.1, 0.15) is 5.69 Å². The highest BCUT2D eigenvalue weighted by Crippen LogP contribution is 2.15. The molecule has 1 aromatic heterocycles. The van der Waals surface area contributed by atoms with E-state index in [1.54, 1.807) is 4.57 Å². The van der Waals surface area contributed by atoms with Crippen LogP contribution in [0.4, 0.5) is 11.4 Å². The van der Waals surface area contributed by atoms with Gasteiger partial charge in [-0.15, -0.1) is 0 Å². The highest BCUT2D eigenvalue weighted by molar-refractivity contribution is 5.92. The molecule has 3 aromatic rings. The number of fused-ring (bicyclic) bond motifs is 1. The number of unbranched alkanes of at least 4 members (excludes halogenated alkanes) is 1. The third-order valence-electron chi connectivity index (χ3n) is 4.95. The van der Waals surface area contributed by atoms with Gasteiger partial charge < -0.3 is 14.6 Å². The summed E-state index contributed by atoms with van der Waals surface area (Å²) in [6, 6.07) is 12.6. The van der Waals surface area contributed by atoms with Crippen molar-refractivity contribution in [1.82, 2.24) is 9.55 Å². The third kappa shape index (κ3) is 6.22. The maximum Gasteiger partial charge on any atom is 0.306 e. The first kappa shape index (κ1) is 23.6. The van der Waals surface area contributed by atoms with Crippen LogP contribution in [0.15, 0.2) is 53.3 Å². The Labute approximate surface area is 189 Å². The molecular weight excluding hydrogens is 428 g/mol. The summed E-state index contributed by atoms with van der Waals surface area (Å²) < 4.78 is 6.67. The number of non-ortho nitro benzene ring substituents is 1. The molecular formula is C23H24N4O6. The number of aromatic nitrogens is 2. The van der Waals surface area contributed by atoms with E-state index in [2.05, 4.69) is 10.3 Å². The van der Waals surface area contributed by atoms with Crippen LogP contribution in [0.25, 0.3) is 11.0 Å². The molecule has 0 spiro atoms. The maximum atomic E-state index is 12.9. The van der Waals surface area contributed by atoms with Gasteiger partial charge in [-0.3, -0.25) is 24.5 Å². The van der Waals surface area contributed by atoms with Gasteiger partial charge in [-0.2, -0.15) is 0 Å². The van der Waals surface area contributed by atoms with Crippen molar-refractivity contribution in [1.29, 1.82) is 0 Å². The summed E-state index contributed by atoms with van der Waals surface area (Å²) >= 11 is 0. The molecule has 0 saturated carbocycles. The quantitative estimate of drug-likeness (QED) is 0.284. The number of nitrogens with one attached hydrogen (secondary N) is 1. The van der Waals surface area contributed by atoms with E-state index < -0.39 is 23.4 Å². The van der Waals surface area contributed by atoms with Gasteiger partial charge in [0.15, 0.2) is 6.61 Å². The number of para-hydroxylation sites is 2. The molecule has 10 heteroatoms. The lowest BCUT2D eigenvalue weighted by molar-refractivity contribution is -0.384. The van der Waals surface area contributed by atoms with E-state index in [-0.39, 0.29) is 29.8 Å². The molecule has 0 fully saturated rings. The monoisotopic (exact) mass is 452 g/mol. The van der Waals surface area contributed by atoms with Crippen molar-refractivity contribution in [3.8, 4) is 0 Å². The van der Waals surface area contributed by atoms with Gasteiger partial charge in [-0.05, 0) is 30.7 Å². The second-order valence-corrected chi connectivity index (χ2v) is 7.37. The molecule has 2 aromatic carbocycles. The lowest BCUT2D eigenvalue weighted by Gasteiger charge is -2.12. The number of carbonyl (C=O) groups is 2. The Kier molecular flexibility index (Phi) is 7.85. The minimum atomic E-state index is -0.636. The fourth-order valence-corrected chi connectivity index (χ4v) is 3.25. The van der Waals surface area contributed by atoms with Crippen molar-refractivity contribution in [3.05, 3.63) is 74.7 Å². The number of hydrogen-bond acceptors (Lipinski definition) is 7. The molecule has 0 atom stereocenters. The summed E-state index contributed by atoms with van der Waals surface area (Å²) in [5.41, 5.74) is 1.72. The largest absolute Gasteiger partial charge is 0.456 e. The number of nitro groups is 1. The van der Waals surface area contributed by atoms with Crippen LogP contribution in [0.2, 0.25) is 0 Å². The molecule has 33 heavy (non-hydrogen) atoms. The van der Waals surface area contributed by atoms with Crippen LogP contribution in [0.1, 0.15) is 31.9 Å². The number of nitro benzene ring substituents is 1. The number of ether oxygens (including phenoxy) is 1. The van der Waals surface area contributed by atoms with Gasteiger partial charge in [-0.25, -0.2) is 4.98 Å². The smallest absolute Gasteiger partial charge is 0.306 e. The van der Waals surface area contributed by atoms with Gasteiger partial charge in [-0.1, -0.05) is 25.5 Å². The zero-order chi connectivity index (χ0) is 23.8. The number of carbonyl (C=O) groups excluding carboxylic acids is 2. The predicted octanol–water partition coefficient (Wildman–Crippen LogP) is 3.22. The Bertz CT molecular complexity index is 1220. The molecule has 0 aliphatic rings. The Balaban J connectivity index is 1.57. The normalized spacial score (nSPS) is 10.7. The molecule has 3 rings (SSSR count). The Morgan fingerprint density at radius 2 is 1.88 bits per heavy atom. The predicted molar refractivity (Wildman–Crippen MR) is 122 cm³/mol. The van der Waals surface area contributed by atoms with Gasteiger partial charge in [0, 0.05) is 30.8 Å². The first-order chi connectivity index (χ1) is 15.9. The van der Waals surface area contributed by atoms with Gasteiger partial charge in [0.25, 0.3) is 17.2 Å². The van der Waals surface area contributed by atoms with E-state index in [0.29, 0.717) is 17.7 Å². The van der Waals surface area contributed by atoms with Crippen molar-refractivity contribution in [2.75, 3.05) is 11.9 Å². The molecule has 0 bridgehead atoms. The molecule has 0 radical (unpaired) electrons. The summed E-state index contributed by atoms with van der Waals surface area (Å²) in [7, 11) is 0. The molecule has 172 valence electrons. The number of aryl methyl sites for hydroxylation is 2. The van der Waals surface area contributed by atoms with Crippen LogP contribution in [0, 0.1) is 10.1 Å². The second kappa shape index (κ2) is 11.0. The summed E-state index contributed by atoms with van der Waals surface area (Å²) in [6.45, 7) is 2.10. The minimum Gasteiger partial charge on any atom is -0.456 e. The highest BCUT2D eigenvalue weighted by atomic mass is 16.6. The molecule has 0 saturated heterocycles. The van der Waals surface area contributed by atoms with E-state index in [0.717, 1.165) is 18.4 Å². The van der Waals surface area contributed by atoms with E-state index in [9.17, 15) is 24.5 Å². The molecule has 1 amide bonds. The van der Waals surface area contributed by atoms with Gasteiger partial charge in [0.2, 0.25) is 0 Å². The molecule has 0 aliphatic heterocycles. The maximum absolute atomic E-state index is 12.9. The molecule has 1 heterocycles. The number of anilines is 1. The third-order valence-corrected chi connectivity index (χ3v) is 4.95. The van der Waals surface area contributed by atoms with Crippen LogP contribution < -0.4 is 10.9 Å². The van der Waals surface area contributed by atoms with Crippen LogP contribution in [0.5, 0.6) is 0 Å². The number of hydrogen-bond donors (Lipinski definition) is 1.